The molecule has 0 aliphatic rings. The lowest BCUT2D eigenvalue weighted by Gasteiger charge is -2.13. The largest absolute Gasteiger partial charge is 0.508 e. The zero-order chi connectivity index (χ0) is 15.8. The molecule has 0 saturated heterocycles. The average molecular weight is 297 g/mol. The molecule has 0 saturated carbocycles. The molecule has 1 aromatic rings. The Morgan fingerprint density at radius 2 is 1.76 bits per heavy atom. The molecule has 0 fully saturated rings. The van der Waals surface area contributed by atoms with E-state index < -0.39 is 24.1 Å². The first-order chi connectivity index (χ1) is 9.88. The van der Waals surface area contributed by atoms with Gasteiger partial charge in [0.05, 0.1) is 0 Å². The second kappa shape index (κ2) is 7.73. The molecule has 4 N–H and O–H groups in total. The first-order valence-electron chi connectivity index (χ1n) is 6.04. The second-order valence-corrected chi connectivity index (χ2v) is 4.21. The van der Waals surface area contributed by atoms with Gasteiger partial charge in [0.1, 0.15) is 18.4 Å². The maximum Gasteiger partial charge on any atom is 0.408 e. The van der Waals surface area contributed by atoms with Gasteiger partial charge in [-0.05, 0) is 24.1 Å². The number of aromatic hydroxyl groups is 1. The molecule has 114 valence electrons. The highest BCUT2D eigenvalue weighted by atomic mass is 16.5. The number of carboxylic acid groups (broad SMARTS) is 2. The highest BCUT2D eigenvalue weighted by Gasteiger charge is 2.21. The number of aliphatic carboxylic acids is 2. The number of carbonyl (C=O) groups is 3. The van der Waals surface area contributed by atoms with Crippen LogP contribution in [0.15, 0.2) is 24.3 Å². The summed E-state index contributed by atoms with van der Waals surface area (Å²) in [5.74, 6) is -2.42. The SMILES string of the molecule is O=C(O)CC[C@H](NC(=O)OCc1ccc(O)cc1)C(=O)O. The summed E-state index contributed by atoms with van der Waals surface area (Å²) in [5, 5.41) is 28.5. The minimum absolute atomic E-state index is 0.0720. The number of phenols is 1. The van der Waals surface area contributed by atoms with Gasteiger partial charge in [0, 0.05) is 6.42 Å². The number of ether oxygens (including phenoxy) is 1. The van der Waals surface area contributed by atoms with E-state index in [-0.39, 0.29) is 25.2 Å². The predicted octanol–water partition coefficient (Wildman–Crippen LogP) is 0.936. The minimum atomic E-state index is -1.34. The molecule has 0 aliphatic heterocycles. The summed E-state index contributed by atoms with van der Waals surface area (Å²) in [6.45, 7) is -0.0998. The van der Waals surface area contributed by atoms with Crippen LogP contribution in [0.4, 0.5) is 4.79 Å². The monoisotopic (exact) mass is 297 g/mol. The molecule has 0 unspecified atom stereocenters. The molecule has 21 heavy (non-hydrogen) atoms. The Hall–Kier alpha value is -2.77. The molecular weight excluding hydrogens is 282 g/mol. The summed E-state index contributed by atoms with van der Waals surface area (Å²) in [5.41, 5.74) is 0.611. The number of hydrogen-bond donors (Lipinski definition) is 4. The van der Waals surface area contributed by atoms with Crippen LogP contribution in [0.2, 0.25) is 0 Å². The number of alkyl carbamates (subject to hydrolysis) is 1. The van der Waals surface area contributed by atoms with Crippen molar-refractivity contribution < 1.29 is 34.4 Å². The number of carbonyl (C=O) groups excluding carboxylic acids is 1. The maximum absolute atomic E-state index is 11.4. The smallest absolute Gasteiger partial charge is 0.408 e. The zero-order valence-electron chi connectivity index (χ0n) is 11.0. The fraction of sp³-hybridized carbons (Fsp3) is 0.308. The van der Waals surface area contributed by atoms with Crippen molar-refractivity contribution in [2.75, 3.05) is 0 Å². The van der Waals surface area contributed by atoms with Crippen molar-refractivity contribution in [3.05, 3.63) is 29.8 Å². The number of benzene rings is 1. The van der Waals surface area contributed by atoms with E-state index in [0.717, 1.165) is 0 Å². The van der Waals surface area contributed by atoms with Crippen molar-refractivity contribution in [3.8, 4) is 5.75 Å². The number of nitrogens with one attached hydrogen (secondary N) is 1. The van der Waals surface area contributed by atoms with Crippen molar-refractivity contribution in [1.82, 2.24) is 5.32 Å². The summed E-state index contributed by atoms with van der Waals surface area (Å²) in [6.07, 6.45) is -1.57. The third-order valence-electron chi connectivity index (χ3n) is 2.54. The van der Waals surface area contributed by atoms with Crippen LogP contribution in [0, 0.1) is 0 Å². The van der Waals surface area contributed by atoms with E-state index in [0.29, 0.717) is 5.56 Å². The Balaban J connectivity index is 2.44. The Morgan fingerprint density at radius 1 is 1.14 bits per heavy atom. The normalized spacial score (nSPS) is 11.4. The van der Waals surface area contributed by atoms with Crippen molar-refractivity contribution in [1.29, 1.82) is 0 Å². The highest BCUT2D eigenvalue weighted by Crippen LogP contribution is 2.10. The van der Waals surface area contributed by atoms with Gasteiger partial charge in [-0.1, -0.05) is 12.1 Å². The third kappa shape index (κ3) is 6.28. The Kier molecular flexibility index (Phi) is 5.99. The van der Waals surface area contributed by atoms with Crippen LogP contribution in [0.5, 0.6) is 5.75 Å². The van der Waals surface area contributed by atoms with Crippen LogP contribution in [0.25, 0.3) is 0 Å². The van der Waals surface area contributed by atoms with Crippen LogP contribution < -0.4 is 5.32 Å². The van der Waals surface area contributed by atoms with E-state index >= 15 is 0 Å². The van der Waals surface area contributed by atoms with Gasteiger partial charge < -0.3 is 25.4 Å². The number of amides is 1. The van der Waals surface area contributed by atoms with E-state index in [2.05, 4.69) is 5.32 Å². The fourth-order valence-electron chi connectivity index (χ4n) is 1.45. The van der Waals surface area contributed by atoms with Crippen LogP contribution >= 0.6 is 0 Å². The summed E-state index contributed by atoms with van der Waals surface area (Å²) in [6, 6.07) is 4.60. The zero-order valence-corrected chi connectivity index (χ0v) is 11.0. The van der Waals surface area contributed by atoms with Crippen molar-refractivity contribution >= 4 is 18.0 Å². The number of carboxylic acids is 2. The van der Waals surface area contributed by atoms with Crippen LogP contribution in [-0.4, -0.2) is 39.4 Å². The van der Waals surface area contributed by atoms with Gasteiger partial charge in [-0.2, -0.15) is 0 Å². The first kappa shape index (κ1) is 16.3. The lowest BCUT2D eigenvalue weighted by atomic mass is 10.1. The summed E-state index contributed by atoms with van der Waals surface area (Å²) in [4.78, 5) is 32.7. The van der Waals surface area contributed by atoms with E-state index in [4.69, 9.17) is 20.1 Å². The molecule has 0 aromatic heterocycles. The number of phenolic OH excluding ortho intramolecular Hbond substituents is 1. The van der Waals surface area contributed by atoms with Crippen molar-refractivity contribution in [3.63, 3.8) is 0 Å². The van der Waals surface area contributed by atoms with Gasteiger partial charge in [-0.25, -0.2) is 9.59 Å². The lowest BCUT2D eigenvalue weighted by Crippen LogP contribution is -2.41. The van der Waals surface area contributed by atoms with Gasteiger partial charge in [0.15, 0.2) is 0 Å². The summed E-state index contributed by atoms with van der Waals surface area (Å²) in [7, 11) is 0. The summed E-state index contributed by atoms with van der Waals surface area (Å²) >= 11 is 0. The molecule has 1 amide bonds. The lowest BCUT2D eigenvalue weighted by molar-refractivity contribution is -0.140. The topological polar surface area (TPSA) is 133 Å². The Morgan fingerprint density at radius 3 is 2.29 bits per heavy atom. The molecule has 0 bridgehead atoms. The van der Waals surface area contributed by atoms with E-state index in [1.165, 1.54) is 12.1 Å². The molecular formula is C13H15NO7. The van der Waals surface area contributed by atoms with Crippen molar-refractivity contribution in [2.24, 2.45) is 0 Å². The summed E-state index contributed by atoms with van der Waals surface area (Å²) < 4.78 is 4.81. The molecule has 1 rings (SSSR count). The minimum Gasteiger partial charge on any atom is -0.508 e. The quantitative estimate of drug-likeness (QED) is 0.588. The average Bonchev–Trinajstić information content (AvgIpc) is 2.42. The maximum atomic E-state index is 11.4. The molecule has 1 atom stereocenters. The van der Waals surface area contributed by atoms with Gasteiger partial charge >= 0.3 is 18.0 Å². The van der Waals surface area contributed by atoms with Crippen LogP contribution in [0.1, 0.15) is 18.4 Å². The van der Waals surface area contributed by atoms with E-state index in [1.54, 1.807) is 12.1 Å². The van der Waals surface area contributed by atoms with E-state index in [9.17, 15) is 14.4 Å². The molecule has 0 radical (unpaired) electrons. The second-order valence-electron chi connectivity index (χ2n) is 4.21. The molecule has 8 nitrogen and oxygen atoms in total. The number of rotatable bonds is 7. The molecule has 1 aromatic carbocycles. The van der Waals surface area contributed by atoms with Crippen LogP contribution in [-0.2, 0) is 20.9 Å². The predicted molar refractivity (Wildman–Crippen MR) is 69.7 cm³/mol. The number of hydrogen-bond acceptors (Lipinski definition) is 5. The van der Waals surface area contributed by atoms with E-state index in [1.807, 2.05) is 0 Å². The van der Waals surface area contributed by atoms with Gasteiger partial charge in [-0.3, -0.25) is 4.79 Å². The fourth-order valence-corrected chi connectivity index (χ4v) is 1.45. The van der Waals surface area contributed by atoms with Gasteiger partial charge in [-0.15, -0.1) is 0 Å². The molecule has 8 heteroatoms. The molecule has 0 heterocycles. The Labute approximate surface area is 120 Å². The first-order valence-corrected chi connectivity index (χ1v) is 6.04. The standard InChI is InChI=1S/C13H15NO7/c15-9-3-1-8(2-4-9)7-21-13(20)14-10(12(18)19)5-6-11(16)17/h1-4,10,15H,5-7H2,(H,14,20)(H,16,17)(H,18,19)/t10-/m0/s1. The van der Waals surface area contributed by atoms with Gasteiger partial charge in [0.25, 0.3) is 0 Å². The highest BCUT2D eigenvalue weighted by molar-refractivity contribution is 5.80. The van der Waals surface area contributed by atoms with Crippen LogP contribution in [0.3, 0.4) is 0 Å². The molecule has 0 spiro atoms. The Bertz CT molecular complexity index is 512. The molecule has 0 aliphatic carbocycles. The van der Waals surface area contributed by atoms with Crippen molar-refractivity contribution in [2.45, 2.75) is 25.5 Å². The third-order valence-corrected chi connectivity index (χ3v) is 2.54. The van der Waals surface area contributed by atoms with Gasteiger partial charge in [0.2, 0.25) is 0 Å².